The average Bonchev–Trinajstić information content (AvgIpc) is 2.77. The Labute approximate surface area is 128 Å². The smallest absolute Gasteiger partial charge is 0.244 e. The van der Waals surface area contributed by atoms with E-state index in [9.17, 15) is 13.2 Å². The summed E-state index contributed by atoms with van der Waals surface area (Å²) in [5.41, 5.74) is 1.18. The molecule has 6 nitrogen and oxygen atoms in total. The summed E-state index contributed by atoms with van der Waals surface area (Å²) in [5.74, 6) is -0.178. The number of amides is 1. The Bertz CT molecular complexity index is 660. The van der Waals surface area contributed by atoms with E-state index in [1.165, 1.54) is 16.4 Å². The molecule has 2 rings (SSSR count). The molecule has 0 radical (unpaired) electrons. The second-order valence-corrected chi connectivity index (χ2v) is 7.05. The first-order valence-electron chi connectivity index (χ1n) is 6.63. The minimum Gasteiger partial charge on any atom is -0.396 e. The third kappa shape index (κ3) is 3.21. The lowest BCUT2D eigenvalue weighted by molar-refractivity contribution is -0.115. The van der Waals surface area contributed by atoms with Gasteiger partial charge >= 0.3 is 0 Å². The van der Waals surface area contributed by atoms with E-state index in [1.54, 1.807) is 6.92 Å². The van der Waals surface area contributed by atoms with Crippen molar-refractivity contribution in [2.24, 2.45) is 0 Å². The van der Waals surface area contributed by atoms with Gasteiger partial charge in [-0.25, -0.2) is 8.42 Å². The number of halogens is 1. The van der Waals surface area contributed by atoms with E-state index < -0.39 is 10.0 Å². The molecule has 0 atom stereocenters. The lowest BCUT2D eigenvalue weighted by Gasteiger charge is -2.21. The van der Waals surface area contributed by atoms with Gasteiger partial charge in [-0.1, -0.05) is 18.5 Å². The second-order valence-electron chi connectivity index (χ2n) is 4.74. The Morgan fingerprint density at radius 2 is 2.14 bits per heavy atom. The minimum absolute atomic E-state index is 0.000735. The Balaban J connectivity index is 2.40. The van der Waals surface area contributed by atoms with Gasteiger partial charge < -0.3 is 10.4 Å². The second kappa shape index (κ2) is 6.31. The predicted octanol–water partition coefficient (Wildman–Crippen LogP) is 1.23. The molecule has 1 heterocycles. The number of benzene rings is 1. The van der Waals surface area contributed by atoms with Crippen LogP contribution in [0.3, 0.4) is 0 Å². The fourth-order valence-corrected chi connectivity index (χ4v) is 4.30. The molecular weight excluding hydrogens is 316 g/mol. The lowest BCUT2D eigenvalue weighted by atomic mass is 10.2. The molecule has 0 fully saturated rings. The fraction of sp³-hybridized carbons (Fsp3) is 0.462. The molecule has 0 saturated heterocycles. The molecule has 0 aliphatic carbocycles. The lowest BCUT2D eigenvalue weighted by Crippen LogP contribution is -2.32. The van der Waals surface area contributed by atoms with Gasteiger partial charge in [0.2, 0.25) is 15.9 Å². The minimum atomic E-state index is -3.74. The van der Waals surface area contributed by atoms with Crippen molar-refractivity contribution in [2.75, 3.05) is 25.0 Å². The molecular formula is C13H17ClN2O4S. The third-order valence-electron chi connectivity index (χ3n) is 3.32. The van der Waals surface area contributed by atoms with Gasteiger partial charge in [-0.3, -0.25) is 4.79 Å². The largest absolute Gasteiger partial charge is 0.396 e. The molecule has 1 aromatic rings. The number of anilines is 1. The zero-order chi connectivity index (χ0) is 15.6. The van der Waals surface area contributed by atoms with Crippen molar-refractivity contribution in [1.82, 2.24) is 4.31 Å². The summed E-state index contributed by atoms with van der Waals surface area (Å²) >= 11 is 6.07. The number of hydrogen-bond donors (Lipinski definition) is 2. The number of carbonyl (C=O) groups is 1. The molecule has 8 heteroatoms. The van der Waals surface area contributed by atoms with Crippen molar-refractivity contribution in [2.45, 2.75) is 24.7 Å². The molecule has 0 spiro atoms. The van der Waals surface area contributed by atoms with Gasteiger partial charge in [0.15, 0.2) is 0 Å². The van der Waals surface area contributed by atoms with Gasteiger partial charge in [0.25, 0.3) is 0 Å². The highest BCUT2D eigenvalue weighted by Gasteiger charge is 2.28. The van der Waals surface area contributed by atoms with E-state index in [1.807, 2.05) is 0 Å². The molecule has 0 unspecified atom stereocenters. The van der Waals surface area contributed by atoms with E-state index in [-0.39, 0.29) is 41.9 Å². The third-order valence-corrected chi connectivity index (χ3v) is 5.76. The van der Waals surface area contributed by atoms with Gasteiger partial charge in [0, 0.05) is 25.4 Å². The Morgan fingerprint density at radius 1 is 1.43 bits per heavy atom. The standard InChI is InChI=1S/C13H17ClN2O4S/c1-2-16(4-3-5-17)21(19,20)12-6-9-7-13(18)15-11(9)8-10(12)14/h6,8,17H,2-5,7H2,1H3,(H,15,18). The maximum Gasteiger partial charge on any atom is 0.244 e. The molecule has 2 N–H and O–H groups in total. The molecule has 116 valence electrons. The van der Waals surface area contributed by atoms with Crippen LogP contribution in [-0.4, -0.2) is 43.4 Å². The van der Waals surface area contributed by atoms with Gasteiger partial charge in [0.1, 0.15) is 4.90 Å². The number of aliphatic hydroxyl groups is 1. The first-order chi connectivity index (χ1) is 9.90. The number of hydrogen-bond acceptors (Lipinski definition) is 4. The van der Waals surface area contributed by atoms with Crippen molar-refractivity contribution in [3.05, 3.63) is 22.7 Å². The van der Waals surface area contributed by atoms with Gasteiger partial charge in [-0.2, -0.15) is 4.31 Å². The molecule has 1 aromatic carbocycles. The maximum absolute atomic E-state index is 12.6. The zero-order valence-corrected chi connectivity index (χ0v) is 13.2. The molecule has 21 heavy (non-hydrogen) atoms. The highest BCUT2D eigenvalue weighted by molar-refractivity contribution is 7.89. The summed E-state index contributed by atoms with van der Waals surface area (Å²) in [6.45, 7) is 2.15. The number of carbonyl (C=O) groups excluding carboxylic acids is 1. The van der Waals surface area contributed by atoms with Crippen molar-refractivity contribution in [1.29, 1.82) is 0 Å². The topological polar surface area (TPSA) is 86.7 Å². The van der Waals surface area contributed by atoms with Crippen LogP contribution >= 0.6 is 11.6 Å². The van der Waals surface area contributed by atoms with Crippen LogP contribution in [0.1, 0.15) is 18.9 Å². The molecule has 0 saturated carbocycles. The SMILES string of the molecule is CCN(CCCO)S(=O)(=O)c1cc2c(cc1Cl)NC(=O)C2. The predicted molar refractivity (Wildman–Crippen MR) is 79.9 cm³/mol. The maximum atomic E-state index is 12.6. The monoisotopic (exact) mass is 332 g/mol. The van der Waals surface area contributed by atoms with Crippen molar-refractivity contribution in [3.63, 3.8) is 0 Å². The van der Waals surface area contributed by atoms with Crippen LogP contribution in [0, 0.1) is 0 Å². The Morgan fingerprint density at radius 3 is 2.76 bits per heavy atom. The summed E-state index contributed by atoms with van der Waals surface area (Å²) in [4.78, 5) is 11.4. The summed E-state index contributed by atoms with van der Waals surface area (Å²) in [6.07, 6.45) is 0.507. The number of fused-ring (bicyclic) bond motifs is 1. The van der Waals surface area contributed by atoms with Crippen molar-refractivity contribution < 1.29 is 18.3 Å². The number of aliphatic hydroxyl groups excluding tert-OH is 1. The molecule has 1 aliphatic heterocycles. The van der Waals surface area contributed by atoms with Crippen LogP contribution in [0.5, 0.6) is 0 Å². The Hall–Kier alpha value is -1.15. The van der Waals surface area contributed by atoms with E-state index in [0.717, 1.165) is 0 Å². The number of sulfonamides is 1. The number of nitrogens with one attached hydrogen (secondary N) is 1. The van der Waals surface area contributed by atoms with E-state index >= 15 is 0 Å². The van der Waals surface area contributed by atoms with E-state index in [4.69, 9.17) is 16.7 Å². The quantitative estimate of drug-likeness (QED) is 0.820. The summed E-state index contributed by atoms with van der Waals surface area (Å²) in [5, 5.41) is 11.6. The summed E-state index contributed by atoms with van der Waals surface area (Å²) < 4.78 is 26.5. The van der Waals surface area contributed by atoms with Crippen LogP contribution in [0.25, 0.3) is 0 Å². The Kier molecular flexibility index (Phi) is 4.88. The van der Waals surface area contributed by atoms with Crippen LogP contribution in [0.2, 0.25) is 5.02 Å². The molecule has 0 aromatic heterocycles. The van der Waals surface area contributed by atoms with Gasteiger partial charge in [-0.05, 0) is 24.1 Å². The first-order valence-corrected chi connectivity index (χ1v) is 8.45. The zero-order valence-electron chi connectivity index (χ0n) is 11.6. The van der Waals surface area contributed by atoms with Crippen molar-refractivity contribution >= 4 is 33.2 Å². The van der Waals surface area contributed by atoms with Crippen LogP contribution in [0.4, 0.5) is 5.69 Å². The molecule has 1 aliphatic rings. The molecule has 0 bridgehead atoms. The highest BCUT2D eigenvalue weighted by atomic mass is 35.5. The number of nitrogens with zero attached hydrogens (tertiary/aromatic N) is 1. The van der Waals surface area contributed by atoms with Crippen LogP contribution < -0.4 is 5.32 Å². The average molecular weight is 333 g/mol. The highest BCUT2D eigenvalue weighted by Crippen LogP contribution is 2.33. The van der Waals surface area contributed by atoms with Gasteiger partial charge in [-0.15, -0.1) is 0 Å². The van der Waals surface area contributed by atoms with Gasteiger partial charge in [0.05, 0.1) is 11.4 Å². The number of rotatable bonds is 6. The fourth-order valence-electron chi connectivity index (χ4n) is 2.26. The van der Waals surface area contributed by atoms with Crippen LogP contribution in [0.15, 0.2) is 17.0 Å². The van der Waals surface area contributed by atoms with Crippen LogP contribution in [-0.2, 0) is 21.2 Å². The van der Waals surface area contributed by atoms with E-state index in [2.05, 4.69) is 5.32 Å². The summed E-state index contributed by atoms with van der Waals surface area (Å²) in [7, 11) is -3.74. The van der Waals surface area contributed by atoms with Crippen molar-refractivity contribution in [3.8, 4) is 0 Å². The normalized spacial score (nSPS) is 14.4. The first kappa shape index (κ1) is 16.2. The molecule has 1 amide bonds. The van der Waals surface area contributed by atoms with E-state index in [0.29, 0.717) is 17.7 Å². The summed E-state index contributed by atoms with van der Waals surface area (Å²) in [6, 6.07) is 2.92.